The van der Waals surface area contributed by atoms with Crippen molar-refractivity contribution < 1.29 is 28.5 Å². The molecule has 0 spiro atoms. The molecule has 258 valence electrons. The molecule has 0 fully saturated rings. The highest BCUT2D eigenvalue weighted by molar-refractivity contribution is 5.92. The van der Waals surface area contributed by atoms with Crippen LogP contribution in [0.4, 0.5) is 0 Å². The Bertz CT molecular complexity index is 1580. The van der Waals surface area contributed by atoms with Crippen LogP contribution in [0.1, 0.15) is 68.3 Å². The van der Waals surface area contributed by atoms with Gasteiger partial charge in [0.2, 0.25) is 29.5 Å². The smallest absolute Gasteiger partial charge is 0.243 e. The molecule has 3 aromatic rings. The molecular weight excluding hydrogens is 618 g/mol. The van der Waals surface area contributed by atoms with Crippen LogP contribution in [0, 0.1) is 19.8 Å². The molecule has 0 aliphatic carbocycles. The van der Waals surface area contributed by atoms with Gasteiger partial charge < -0.3 is 30.7 Å². The van der Waals surface area contributed by atoms with Gasteiger partial charge in [0.05, 0.1) is 18.2 Å². The average molecular weight is 664 g/mol. The van der Waals surface area contributed by atoms with Gasteiger partial charge in [0.25, 0.3) is 0 Å². The maximum absolute atomic E-state index is 13.8. The highest BCUT2D eigenvalue weighted by Gasteiger charge is 2.31. The van der Waals surface area contributed by atoms with Gasteiger partial charge in [-0.15, -0.1) is 0 Å². The molecule has 5 amide bonds. The van der Waals surface area contributed by atoms with Crippen LogP contribution in [0.5, 0.6) is 0 Å². The maximum atomic E-state index is 13.8. The first kappa shape index (κ1) is 35.8. The van der Waals surface area contributed by atoms with Gasteiger partial charge in [-0.1, -0.05) is 49.3 Å². The third-order valence-electron chi connectivity index (χ3n) is 7.92. The largest absolute Gasteiger partial charge is 0.361 e. The van der Waals surface area contributed by atoms with Gasteiger partial charge in [0.1, 0.15) is 30.2 Å². The van der Waals surface area contributed by atoms with E-state index in [1.807, 2.05) is 44.2 Å². The molecule has 4 N–H and O–H groups in total. The normalized spacial score (nSPS) is 20.7. The summed E-state index contributed by atoms with van der Waals surface area (Å²) in [6.45, 7) is 9.24. The summed E-state index contributed by atoms with van der Waals surface area (Å²) in [5, 5.41) is 19.6. The summed E-state index contributed by atoms with van der Waals surface area (Å²) in [5.41, 5.74) is 1.48. The number of nitrogens with zero attached hydrogens (tertiary/aromatic N) is 5. The van der Waals surface area contributed by atoms with Gasteiger partial charge in [-0.25, -0.2) is 9.67 Å². The highest BCUT2D eigenvalue weighted by atomic mass is 16.5. The van der Waals surface area contributed by atoms with Crippen molar-refractivity contribution in [3.05, 3.63) is 65.1 Å². The summed E-state index contributed by atoms with van der Waals surface area (Å²) in [4.78, 5) is 72.4. The van der Waals surface area contributed by atoms with Crippen molar-refractivity contribution in [2.24, 2.45) is 5.92 Å². The van der Waals surface area contributed by atoms with Crippen molar-refractivity contribution in [1.29, 1.82) is 0 Å². The number of aryl methyl sites for hydroxylation is 2. The van der Waals surface area contributed by atoms with E-state index in [0.29, 0.717) is 29.5 Å². The van der Waals surface area contributed by atoms with E-state index in [1.54, 1.807) is 31.7 Å². The van der Waals surface area contributed by atoms with Gasteiger partial charge in [-0.05, 0) is 38.7 Å². The molecule has 0 unspecified atom stereocenters. The van der Waals surface area contributed by atoms with Crippen molar-refractivity contribution in [2.75, 3.05) is 19.6 Å². The van der Waals surface area contributed by atoms with Crippen molar-refractivity contribution in [2.45, 2.75) is 85.0 Å². The van der Waals surface area contributed by atoms with E-state index in [2.05, 4.69) is 36.5 Å². The van der Waals surface area contributed by atoms with E-state index in [4.69, 9.17) is 4.52 Å². The summed E-state index contributed by atoms with van der Waals surface area (Å²) in [6.07, 6.45) is 0.544. The first-order valence-corrected chi connectivity index (χ1v) is 16.2. The first-order valence-electron chi connectivity index (χ1n) is 16.2. The van der Waals surface area contributed by atoms with Gasteiger partial charge in [-0.3, -0.25) is 24.0 Å². The number of fused-ring (bicyclic) bond motifs is 1. The molecule has 1 aliphatic rings. The number of hydrogen-bond acceptors (Lipinski definition) is 9. The number of rotatable bonds is 5. The van der Waals surface area contributed by atoms with Crippen LogP contribution in [0.15, 0.2) is 40.9 Å². The van der Waals surface area contributed by atoms with Crippen LogP contribution in [-0.2, 0) is 43.4 Å². The molecule has 4 rings (SSSR count). The molecule has 1 aromatic carbocycles. The van der Waals surface area contributed by atoms with E-state index < -0.39 is 29.9 Å². The Balaban J connectivity index is 1.59. The monoisotopic (exact) mass is 663 g/mol. The fraction of sp³-hybridized carbons (Fsp3) is 0.515. The molecule has 3 heterocycles. The third-order valence-corrected chi connectivity index (χ3v) is 7.92. The van der Waals surface area contributed by atoms with E-state index in [0.717, 1.165) is 5.56 Å². The molecule has 0 saturated carbocycles. The van der Waals surface area contributed by atoms with Crippen LogP contribution in [0.2, 0.25) is 0 Å². The highest BCUT2D eigenvalue weighted by Crippen LogP contribution is 2.21. The molecule has 0 saturated heterocycles. The Labute approximate surface area is 279 Å². The zero-order valence-corrected chi connectivity index (χ0v) is 28.1. The Morgan fingerprint density at radius 1 is 1.00 bits per heavy atom. The lowest BCUT2D eigenvalue weighted by Gasteiger charge is -2.27. The fourth-order valence-corrected chi connectivity index (χ4v) is 5.41. The van der Waals surface area contributed by atoms with Gasteiger partial charge >= 0.3 is 0 Å². The Hall–Kier alpha value is -5.08. The van der Waals surface area contributed by atoms with Gasteiger partial charge in [0, 0.05) is 38.5 Å². The lowest BCUT2D eigenvalue weighted by Crippen LogP contribution is -2.54. The number of benzene rings is 1. The fourth-order valence-electron chi connectivity index (χ4n) is 5.41. The Kier molecular flexibility index (Phi) is 12.4. The quantitative estimate of drug-likeness (QED) is 0.307. The molecule has 48 heavy (non-hydrogen) atoms. The maximum Gasteiger partial charge on any atom is 0.243 e. The van der Waals surface area contributed by atoms with E-state index in [1.165, 1.54) is 4.68 Å². The van der Waals surface area contributed by atoms with Crippen molar-refractivity contribution in [3.8, 4) is 0 Å². The lowest BCUT2D eigenvalue weighted by atomic mass is 10.0. The molecule has 15 heteroatoms. The zero-order valence-electron chi connectivity index (χ0n) is 28.1. The van der Waals surface area contributed by atoms with E-state index in [-0.39, 0.29) is 69.1 Å². The number of aromatic nitrogens is 4. The Morgan fingerprint density at radius 2 is 1.75 bits per heavy atom. The molecule has 1 aliphatic heterocycles. The molecule has 15 nitrogen and oxygen atoms in total. The minimum atomic E-state index is -0.973. The van der Waals surface area contributed by atoms with Gasteiger partial charge in [0.15, 0.2) is 5.82 Å². The van der Waals surface area contributed by atoms with Crippen molar-refractivity contribution >= 4 is 29.5 Å². The average Bonchev–Trinajstić information content (AvgIpc) is 3.61. The molecule has 0 radical (unpaired) electrons. The standard InChI is InChI=1S/C33H45N9O6/c1-20(2)30-31-36-23(5)39-42(31)19-28(44)34-13-15-41(29(45)18-25-16-21(3)40-48-25)14-9-12-27(43)35-22(4)32(46)37-26(33(47)38-30)17-24-10-7-6-8-11-24/h6-8,10-11,16,20,22,26,30H,9,12-15,17-19H2,1-5H3,(H,34,44)(H,35,43)(H,37,46)(H,38,47)/t22-,26+,30-/m0/s1. The summed E-state index contributed by atoms with van der Waals surface area (Å²) < 4.78 is 6.68. The number of nitrogens with one attached hydrogen (secondary N) is 4. The number of hydrogen-bond donors (Lipinski definition) is 4. The van der Waals surface area contributed by atoms with Gasteiger partial charge in [-0.2, -0.15) is 5.10 Å². The second-order valence-corrected chi connectivity index (χ2v) is 12.4. The number of carbonyl (C=O) groups is 5. The van der Waals surface area contributed by atoms with Crippen LogP contribution >= 0.6 is 0 Å². The molecular formula is C33H45N9O6. The summed E-state index contributed by atoms with van der Waals surface area (Å²) in [7, 11) is 0. The number of amides is 5. The minimum absolute atomic E-state index is 0.0216. The molecule has 0 bridgehead atoms. The third kappa shape index (κ3) is 10.2. The predicted molar refractivity (Wildman–Crippen MR) is 174 cm³/mol. The summed E-state index contributed by atoms with van der Waals surface area (Å²) in [6, 6.07) is 8.42. The van der Waals surface area contributed by atoms with Crippen LogP contribution < -0.4 is 21.3 Å². The minimum Gasteiger partial charge on any atom is -0.361 e. The SMILES string of the molecule is Cc1cc(CC(=O)N2CCCC(=O)N[C@@H](C)C(=O)N[C@H](Cc3ccccc3)C(=O)N[C@@H](C(C)C)c3nc(C)nn3CC(=O)NCC2)on1. The lowest BCUT2D eigenvalue weighted by molar-refractivity contribution is -0.133. The van der Waals surface area contributed by atoms with Crippen LogP contribution in [0.25, 0.3) is 0 Å². The second kappa shape index (κ2) is 16.7. The zero-order chi connectivity index (χ0) is 34.8. The predicted octanol–water partition coefficient (Wildman–Crippen LogP) is 0.910. The summed E-state index contributed by atoms with van der Waals surface area (Å²) >= 11 is 0. The van der Waals surface area contributed by atoms with Crippen LogP contribution in [-0.4, -0.2) is 86.1 Å². The van der Waals surface area contributed by atoms with Crippen molar-refractivity contribution in [3.63, 3.8) is 0 Å². The Morgan fingerprint density at radius 3 is 2.44 bits per heavy atom. The first-order chi connectivity index (χ1) is 22.9. The topological polar surface area (TPSA) is 193 Å². The molecule has 2 aromatic heterocycles. The second-order valence-electron chi connectivity index (χ2n) is 12.4. The van der Waals surface area contributed by atoms with E-state index >= 15 is 0 Å². The van der Waals surface area contributed by atoms with Crippen LogP contribution in [0.3, 0.4) is 0 Å². The summed E-state index contributed by atoms with van der Waals surface area (Å²) in [5.74, 6) is -0.870. The van der Waals surface area contributed by atoms with Crippen molar-refractivity contribution in [1.82, 2.24) is 46.1 Å². The van der Waals surface area contributed by atoms with E-state index in [9.17, 15) is 24.0 Å². The number of carbonyl (C=O) groups excluding carboxylic acids is 5. The molecule has 3 atom stereocenters.